The number of nitrogens with zero attached hydrogens (tertiary/aromatic N) is 2. The minimum absolute atomic E-state index is 0.0596. The highest BCUT2D eigenvalue weighted by Crippen LogP contribution is 2.41. The molecule has 2 N–H and O–H groups in total. The summed E-state index contributed by atoms with van der Waals surface area (Å²) in [6, 6.07) is 13.9. The second kappa shape index (κ2) is 9.61. The fourth-order valence-corrected chi connectivity index (χ4v) is 4.92. The smallest absolute Gasteiger partial charge is 0.237 e. The van der Waals surface area contributed by atoms with E-state index in [0.29, 0.717) is 24.6 Å². The molecule has 1 saturated heterocycles. The van der Waals surface area contributed by atoms with Crippen LogP contribution in [0.15, 0.2) is 42.5 Å². The zero-order chi connectivity index (χ0) is 22.7. The third-order valence-electron chi connectivity index (χ3n) is 6.58. The number of nitrogens with two attached hydrogens (primary N) is 1. The van der Waals surface area contributed by atoms with E-state index in [2.05, 4.69) is 17.0 Å². The van der Waals surface area contributed by atoms with Crippen molar-refractivity contribution in [1.29, 1.82) is 0 Å². The summed E-state index contributed by atoms with van der Waals surface area (Å²) < 4.78 is 11.1. The predicted molar refractivity (Wildman–Crippen MR) is 122 cm³/mol. The molecule has 7 nitrogen and oxygen atoms in total. The summed E-state index contributed by atoms with van der Waals surface area (Å²) in [6.07, 6.45) is 2.42. The maximum absolute atomic E-state index is 13.5. The number of fused-ring (bicyclic) bond motifs is 1. The molecule has 1 fully saturated rings. The number of rotatable bonds is 6. The van der Waals surface area contributed by atoms with Gasteiger partial charge in [-0.25, -0.2) is 0 Å². The van der Waals surface area contributed by atoms with E-state index in [4.69, 9.17) is 15.2 Å². The molecule has 2 aromatic carbocycles. The Morgan fingerprint density at radius 3 is 2.47 bits per heavy atom. The minimum Gasteiger partial charge on any atom is -0.493 e. The van der Waals surface area contributed by atoms with E-state index in [1.165, 1.54) is 0 Å². The second-order valence-electron chi connectivity index (χ2n) is 8.53. The van der Waals surface area contributed by atoms with Crippen molar-refractivity contribution in [2.75, 3.05) is 40.4 Å². The van der Waals surface area contributed by atoms with Crippen molar-refractivity contribution < 1.29 is 19.1 Å². The first-order valence-corrected chi connectivity index (χ1v) is 11.1. The molecule has 2 heterocycles. The summed E-state index contributed by atoms with van der Waals surface area (Å²) in [7, 11) is 3.26. The van der Waals surface area contributed by atoms with E-state index in [1.807, 2.05) is 35.2 Å². The van der Waals surface area contributed by atoms with Crippen molar-refractivity contribution in [2.45, 2.75) is 25.3 Å². The van der Waals surface area contributed by atoms with Gasteiger partial charge in [0.05, 0.1) is 32.7 Å². The predicted octanol–water partition coefficient (Wildman–Crippen LogP) is 2.38. The first kappa shape index (κ1) is 22.1. The van der Waals surface area contributed by atoms with Crippen LogP contribution in [0.3, 0.4) is 0 Å². The summed E-state index contributed by atoms with van der Waals surface area (Å²) >= 11 is 0. The lowest BCUT2D eigenvalue weighted by Crippen LogP contribution is -2.49. The molecule has 0 unspecified atom stereocenters. The van der Waals surface area contributed by atoms with E-state index in [0.717, 1.165) is 42.5 Å². The van der Waals surface area contributed by atoms with Crippen LogP contribution in [-0.2, 0) is 16.0 Å². The molecular weight excluding hydrogens is 406 g/mol. The number of carbonyl (C=O) groups is 2. The number of ether oxygens (including phenoxy) is 2. The van der Waals surface area contributed by atoms with Gasteiger partial charge in [-0.15, -0.1) is 0 Å². The van der Waals surface area contributed by atoms with Crippen molar-refractivity contribution in [3.8, 4) is 11.5 Å². The largest absolute Gasteiger partial charge is 0.493 e. The Balaban J connectivity index is 1.65. The highest BCUT2D eigenvalue weighted by molar-refractivity contribution is 5.80. The summed E-state index contributed by atoms with van der Waals surface area (Å²) in [5, 5.41) is 0. The minimum atomic E-state index is -0.280. The maximum Gasteiger partial charge on any atom is 0.237 e. The molecule has 0 spiro atoms. The van der Waals surface area contributed by atoms with Gasteiger partial charge in [0.2, 0.25) is 11.8 Å². The lowest BCUT2D eigenvalue weighted by Gasteiger charge is -2.40. The van der Waals surface area contributed by atoms with Crippen LogP contribution in [0, 0.1) is 5.92 Å². The van der Waals surface area contributed by atoms with Crippen LogP contribution in [0.4, 0.5) is 0 Å². The number of hydrogen-bond acceptors (Lipinski definition) is 5. The van der Waals surface area contributed by atoms with Crippen molar-refractivity contribution >= 4 is 11.8 Å². The average molecular weight is 438 g/mol. The van der Waals surface area contributed by atoms with Crippen LogP contribution in [0.2, 0.25) is 0 Å². The highest BCUT2D eigenvalue weighted by atomic mass is 16.5. The molecule has 2 atom stereocenters. The van der Waals surface area contributed by atoms with Crippen LogP contribution >= 0.6 is 0 Å². The van der Waals surface area contributed by atoms with Gasteiger partial charge in [-0.1, -0.05) is 30.3 Å². The molecule has 2 aliphatic rings. The maximum atomic E-state index is 13.5. The SMILES string of the molecule is COc1cc2c(cc1OC)[C@H](c1ccccc1)N(C(=O)CN1CCC[C@H](C(N)=O)C1)CC2. The van der Waals surface area contributed by atoms with Gasteiger partial charge in [-0.05, 0) is 54.6 Å². The summed E-state index contributed by atoms with van der Waals surface area (Å²) in [5.74, 6) is 0.951. The zero-order valence-corrected chi connectivity index (χ0v) is 18.8. The van der Waals surface area contributed by atoms with Gasteiger partial charge in [0, 0.05) is 13.1 Å². The first-order valence-electron chi connectivity index (χ1n) is 11.1. The standard InChI is InChI=1S/C25H31N3O4/c1-31-21-13-18-10-12-28(23(29)16-27-11-6-9-19(15-27)25(26)30)24(17-7-4-3-5-8-17)20(18)14-22(21)32-2/h3-5,7-8,13-14,19,24H,6,9-12,15-16H2,1-2H3,(H2,26,30)/t19-,24-/m0/s1. The third kappa shape index (κ3) is 4.43. The van der Waals surface area contributed by atoms with Gasteiger partial charge in [0.1, 0.15) is 0 Å². The number of primary amides is 1. The number of methoxy groups -OCH3 is 2. The van der Waals surface area contributed by atoms with Crippen LogP contribution < -0.4 is 15.2 Å². The van der Waals surface area contributed by atoms with E-state index in [1.54, 1.807) is 14.2 Å². The van der Waals surface area contributed by atoms with Gasteiger partial charge < -0.3 is 20.1 Å². The molecule has 2 amide bonds. The molecule has 0 aliphatic carbocycles. The molecule has 0 bridgehead atoms. The quantitative estimate of drug-likeness (QED) is 0.750. The third-order valence-corrected chi connectivity index (χ3v) is 6.58. The van der Waals surface area contributed by atoms with Crippen LogP contribution in [-0.4, -0.2) is 62.0 Å². The number of benzene rings is 2. The fraction of sp³-hybridized carbons (Fsp3) is 0.440. The van der Waals surface area contributed by atoms with Gasteiger partial charge >= 0.3 is 0 Å². The molecule has 2 aliphatic heterocycles. The Bertz CT molecular complexity index is 979. The number of hydrogen-bond donors (Lipinski definition) is 1. The molecule has 4 rings (SSSR count). The van der Waals surface area contributed by atoms with E-state index in [9.17, 15) is 9.59 Å². The Morgan fingerprint density at radius 1 is 1.06 bits per heavy atom. The lowest BCUT2D eigenvalue weighted by atomic mass is 9.87. The molecule has 7 heteroatoms. The average Bonchev–Trinajstić information content (AvgIpc) is 2.82. The molecule has 0 aromatic heterocycles. The molecular formula is C25H31N3O4. The van der Waals surface area contributed by atoms with Crippen molar-refractivity contribution in [3.05, 3.63) is 59.2 Å². The topological polar surface area (TPSA) is 85.1 Å². The molecule has 170 valence electrons. The number of likely N-dealkylation sites (tertiary alicyclic amines) is 1. The zero-order valence-electron chi connectivity index (χ0n) is 18.8. The molecule has 32 heavy (non-hydrogen) atoms. The van der Waals surface area contributed by atoms with Gasteiger partial charge in [0.25, 0.3) is 0 Å². The van der Waals surface area contributed by atoms with Gasteiger partial charge in [-0.2, -0.15) is 0 Å². The number of amides is 2. The molecule has 0 saturated carbocycles. The van der Waals surface area contributed by atoms with Gasteiger partial charge in [0.15, 0.2) is 11.5 Å². The Labute approximate surface area is 189 Å². The van der Waals surface area contributed by atoms with Crippen LogP contribution in [0.5, 0.6) is 11.5 Å². The van der Waals surface area contributed by atoms with Crippen molar-refractivity contribution in [3.63, 3.8) is 0 Å². The Morgan fingerprint density at radius 2 is 1.78 bits per heavy atom. The fourth-order valence-electron chi connectivity index (χ4n) is 4.92. The second-order valence-corrected chi connectivity index (χ2v) is 8.53. The molecule has 2 aromatic rings. The lowest BCUT2D eigenvalue weighted by molar-refractivity contribution is -0.136. The first-order chi connectivity index (χ1) is 15.5. The Kier molecular flexibility index (Phi) is 6.65. The summed E-state index contributed by atoms with van der Waals surface area (Å²) in [5.41, 5.74) is 8.80. The van der Waals surface area contributed by atoms with E-state index < -0.39 is 0 Å². The van der Waals surface area contributed by atoms with Crippen LogP contribution in [0.25, 0.3) is 0 Å². The normalized spacial score (nSPS) is 21.0. The summed E-state index contributed by atoms with van der Waals surface area (Å²) in [4.78, 5) is 29.2. The number of piperidine rings is 1. The molecule has 0 radical (unpaired) electrons. The van der Waals surface area contributed by atoms with Crippen molar-refractivity contribution in [2.24, 2.45) is 11.7 Å². The Hall–Kier alpha value is -3.06. The van der Waals surface area contributed by atoms with Crippen molar-refractivity contribution in [1.82, 2.24) is 9.80 Å². The van der Waals surface area contributed by atoms with Gasteiger partial charge in [-0.3, -0.25) is 14.5 Å². The van der Waals surface area contributed by atoms with Crippen LogP contribution in [0.1, 0.15) is 35.6 Å². The van der Waals surface area contributed by atoms with E-state index in [-0.39, 0.29) is 30.3 Å². The van der Waals surface area contributed by atoms with E-state index >= 15 is 0 Å². The number of carbonyl (C=O) groups excluding carboxylic acids is 2. The highest BCUT2D eigenvalue weighted by Gasteiger charge is 2.34. The summed E-state index contributed by atoms with van der Waals surface area (Å²) in [6.45, 7) is 2.26. The monoisotopic (exact) mass is 437 g/mol.